The fraction of sp³-hybridized carbons (Fsp3) is 0.667. The van der Waals surface area contributed by atoms with Gasteiger partial charge in [-0.3, -0.25) is 0 Å². The molecule has 1 unspecified atom stereocenters. The monoisotopic (exact) mass is 287 g/mol. The predicted octanol–water partition coefficient (Wildman–Crippen LogP) is 3.50. The lowest BCUT2D eigenvalue weighted by Gasteiger charge is -2.23. The Kier molecular flexibility index (Phi) is 3.43. The second kappa shape index (κ2) is 5.29. The maximum absolute atomic E-state index is 6.30. The summed E-state index contributed by atoms with van der Waals surface area (Å²) in [7, 11) is 0. The molecule has 1 saturated heterocycles. The van der Waals surface area contributed by atoms with Gasteiger partial charge in [0.25, 0.3) is 0 Å². The first-order chi connectivity index (χ1) is 10.2. The first-order valence-corrected chi connectivity index (χ1v) is 8.43. The number of hydrogen-bond donors (Lipinski definition) is 1. The minimum absolute atomic E-state index is 0.207. The van der Waals surface area contributed by atoms with E-state index in [2.05, 4.69) is 18.2 Å². The van der Waals surface area contributed by atoms with Crippen LogP contribution in [0, 0.1) is 0 Å². The second-order valence-electron chi connectivity index (χ2n) is 6.99. The van der Waals surface area contributed by atoms with Crippen molar-refractivity contribution in [3.63, 3.8) is 0 Å². The molecule has 2 aliphatic carbocycles. The number of aryl methyl sites for hydroxylation is 1. The van der Waals surface area contributed by atoms with Crippen LogP contribution in [0.5, 0.6) is 5.75 Å². The Hall–Kier alpha value is -1.06. The fourth-order valence-corrected chi connectivity index (χ4v) is 4.31. The molecule has 1 aliphatic heterocycles. The van der Waals surface area contributed by atoms with Crippen LogP contribution in [-0.4, -0.2) is 18.3 Å². The topological polar surface area (TPSA) is 44.5 Å². The molecule has 4 rings (SSSR count). The highest BCUT2D eigenvalue weighted by Crippen LogP contribution is 2.43. The number of nitrogens with two attached hydrogens (primary N) is 1. The highest BCUT2D eigenvalue weighted by atomic mass is 16.6. The molecule has 2 atom stereocenters. The molecule has 21 heavy (non-hydrogen) atoms. The number of hydrogen-bond acceptors (Lipinski definition) is 3. The summed E-state index contributed by atoms with van der Waals surface area (Å²) in [4.78, 5) is 0. The van der Waals surface area contributed by atoms with Gasteiger partial charge in [0.15, 0.2) is 0 Å². The fourth-order valence-electron chi connectivity index (χ4n) is 4.31. The third-order valence-corrected chi connectivity index (χ3v) is 5.53. The molecular weight excluding hydrogens is 262 g/mol. The molecule has 3 aliphatic rings. The van der Waals surface area contributed by atoms with Crippen molar-refractivity contribution in [1.29, 1.82) is 0 Å². The maximum atomic E-state index is 6.30. The molecule has 3 nitrogen and oxygen atoms in total. The average Bonchev–Trinajstić information content (AvgIpc) is 3.20. The normalized spacial score (nSPS) is 30.0. The van der Waals surface area contributed by atoms with E-state index in [-0.39, 0.29) is 17.7 Å². The molecule has 3 heteroatoms. The Morgan fingerprint density at radius 1 is 1.19 bits per heavy atom. The third kappa shape index (κ3) is 2.58. The van der Waals surface area contributed by atoms with Crippen molar-refractivity contribution in [2.45, 2.75) is 69.1 Å². The summed E-state index contributed by atoms with van der Waals surface area (Å²) in [5, 5.41) is 0. The standard InChI is InChI=1S/C18H25NO2/c19-17-6-3-13-11-14(4-5-16(13)17)20-12-15-7-10-18(21-15)8-1-2-9-18/h4-5,11,15,17H,1-3,6-10,12,19H2/t15?,17-/m1/s1. The van der Waals surface area contributed by atoms with Gasteiger partial charge in [0, 0.05) is 6.04 Å². The Morgan fingerprint density at radius 2 is 2.05 bits per heavy atom. The molecule has 2 N–H and O–H groups in total. The van der Waals surface area contributed by atoms with Crippen molar-refractivity contribution >= 4 is 0 Å². The molecule has 1 spiro atoms. The summed E-state index contributed by atoms with van der Waals surface area (Å²) in [5.74, 6) is 0.971. The van der Waals surface area contributed by atoms with E-state index in [0.29, 0.717) is 6.61 Å². The van der Waals surface area contributed by atoms with Crippen molar-refractivity contribution in [1.82, 2.24) is 0 Å². The molecule has 0 bridgehead atoms. The minimum atomic E-state index is 0.207. The molecule has 1 saturated carbocycles. The molecule has 1 aromatic carbocycles. The van der Waals surface area contributed by atoms with Gasteiger partial charge in [0.2, 0.25) is 0 Å². The van der Waals surface area contributed by atoms with Gasteiger partial charge >= 0.3 is 0 Å². The quantitative estimate of drug-likeness (QED) is 0.925. The van der Waals surface area contributed by atoms with Crippen LogP contribution < -0.4 is 10.5 Å². The first-order valence-electron chi connectivity index (χ1n) is 8.43. The Morgan fingerprint density at radius 3 is 2.90 bits per heavy atom. The SMILES string of the molecule is N[C@@H]1CCc2cc(OCC3CCC4(CCCC4)O3)ccc21. The van der Waals surface area contributed by atoms with Gasteiger partial charge in [0.05, 0.1) is 11.7 Å². The third-order valence-electron chi connectivity index (χ3n) is 5.53. The summed E-state index contributed by atoms with van der Waals surface area (Å²) in [6.45, 7) is 0.687. The lowest BCUT2D eigenvalue weighted by Crippen LogP contribution is -2.27. The highest BCUT2D eigenvalue weighted by Gasteiger charge is 2.42. The van der Waals surface area contributed by atoms with Crippen molar-refractivity contribution in [2.24, 2.45) is 5.73 Å². The number of rotatable bonds is 3. The maximum Gasteiger partial charge on any atom is 0.119 e. The van der Waals surface area contributed by atoms with Crippen molar-refractivity contribution in [3.8, 4) is 5.75 Å². The first kappa shape index (κ1) is 13.6. The average molecular weight is 287 g/mol. The molecule has 114 valence electrons. The summed E-state index contributed by atoms with van der Waals surface area (Å²) in [5.41, 5.74) is 8.94. The zero-order chi connectivity index (χ0) is 14.3. The smallest absolute Gasteiger partial charge is 0.119 e. The van der Waals surface area contributed by atoms with Crippen LogP contribution in [0.25, 0.3) is 0 Å². The summed E-state index contributed by atoms with van der Waals surface area (Å²) in [6, 6.07) is 6.58. The van der Waals surface area contributed by atoms with Crippen LogP contribution in [0.4, 0.5) is 0 Å². The van der Waals surface area contributed by atoms with Gasteiger partial charge in [0.1, 0.15) is 12.4 Å². The molecular formula is C18H25NO2. The van der Waals surface area contributed by atoms with Crippen molar-refractivity contribution in [2.75, 3.05) is 6.61 Å². The van der Waals surface area contributed by atoms with E-state index in [4.69, 9.17) is 15.2 Å². The van der Waals surface area contributed by atoms with E-state index in [0.717, 1.165) is 25.0 Å². The zero-order valence-electron chi connectivity index (χ0n) is 12.6. The van der Waals surface area contributed by atoms with Crippen LogP contribution >= 0.6 is 0 Å². The summed E-state index contributed by atoms with van der Waals surface area (Å²) < 4.78 is 12.3. The molecule has 0 aromatic heterocycles. The van der Waals surface area contributed by atoms with Gasteiger partial charge in [-0.05, 0) is 61.8 Å². The number of fused-ring (bicyclic) bond motifs is 1. The van der Waals surface area contributed by atoms with Gasteiger partial charge in [-0.1, -0.05) is 18.9 Å². The summed E-state index contributed by atoms with van der Waals surface area (Å²) >= 11 is 0. The van der Waals surface area contributed by atoms with E-state index in [1.807, 2.05) is 0 Å². The van der Waals surface area contributed by atoms with Gasteiger partial charge in [-0.2, -0.15) is 0 Å². The Bertz CT molecular complexity index is 522. The van der Waals surface area contributed by atoms with Crippen molar-refractivity contribution in [3.05, 3.63) is 29.3 Å². The van der Waals surface area contributed by atoms with E-state index < -0.39 is 0 Å². The van der Waals surface area contributed by atoms with Crippen molar-refractivity contribution < 1.29 is 9.47 Å². The second-order valence-corrected chi connectivity index (χ2v) is 6.99. The molecule has 0 radical (unpaired) electrons. The lowest BCUT2D eigenvalue weighted by molar-refractivity contribution is -0.0508. The van der Waals surface area contributed by atoms with Crippen LogP contribution in [0.1, 0.15) is 62.1 Å². The Balaban J connectivity index is 1.35. The summed E-state index contributed by atoms with van der Waals surface area (Å²) in [6.07, 6.45) is 9.95. The predicted molar refractivity (Wildman–Crippen MR) is 82.5 cm³/mol. The number of benzene rings is 1. The van der Waals surface area contributed by atoms with Crippen LogP contribution in [-0.2, 0) is 11.2 Å². The van der Waals surface area contributed by atoms with Crippen LogP contribution in [0.3, 0.4) is 0 Å². The zero-order valence-corrected chi connectivity index (χ0v) is 12.6. The van der Waals surface area contributed by atoms with Crippen LogP contribution in [0.2, 0.25) is 0 Å². The van der Waals surface area contributed by atoms with Gasteiger partial charge in [-0.25, -0.2) is 0 Å². The molecule has 0 amide bonds. The molecule has 1 aromatic rings. The largest absolute Gasteiger partial charge is 0.491 e. The van der Waals surface area contributed by atoms with E-state index >= 15 is 0 Å². The molecule has 2 fully saturated rings. The molecule has 1 heterocycles. The minimum Gasteiger partial charge on any atom is -0.491 e. The van der Waals surface area contributed by atoms with Gasteiger partial charge < -0.3 is 15.2 Å². The van der Waals surface area contributed by atoms with E-state index in [9.17, 15) is 0 Å². The Labute approximate surface area is 126 Å². The van der Waals surface area contributed by atoms with Gasteiger partial charge in [-0.15, -0.1) is 0 Å². The lowest BCUT2D eigenvalue weighted by atomic mass is 9.98. The van der Waals surface area contributed by atoms with E-state index in [1.54, 1.807) is 0 Å². The van der Waals surface area contributed by atoms with E-state index in [1.165, 1.54) is 43.2 Å². The number of ether oxygens (including phenoxy) is 2. The van der Waals surface area contributed by atoms with Crippen LogP contribution in [0.15, 0.2) is 18.2 Å². The highest BCUT2D eigenvalue weighted by molar-refractivity contribution is 5.40.